The number of carbonyl (C=O) groups is 1. The first-order valence-corrected chi connectivity index (χ1v) is 7.66. The predicted octanol–water partition coefficient (Wildman–Crippen LogP) is 2.43. The van der Waals surface area contributed by atoms with Crippen molar-refractivity contribution in [1.82, 2.24) is 14.9 Å². The Balaban J connectivity index is 1.58. The number of halogens is 1. The summed E-state index contributed by atoms with van der Waals surface area (Å²) in [5.41, 5.74) is 0. The zero-order valence-electron chi connectivity index (χ0n) is 11.4. The van der Waals surface area contributed by atoms with Crippen LogP contribution < -0.4 is 5.32 Å². The van der Waals surface area contributed by atoms with Gasteiger partial charge in [0.2, 0.25) is 5.91 Å². The van der Waals surface area contributed by atoms with Gasteiger partial charge in [0.15, 0.2) is 0 Å². The topological polar surface area (TPSA) is 58.1 Å². The van der Waals surface area contributed by atoms with Crippen LogP contribution in [0.1, 0.15) is 43.8 Å². The third kappa shape index (κ3) is 3.39. The van der Waals surface area contributed by atoms with Crippen LogP contribution in [-0.2, 0) is 4.79 Å². The molecule has 108 valence electrons. The van der Waals surface area contributed by atoms with E-state index in [0.717, 1.165) is 44.6 Å². The monoisotopic (exact) mass is 294 g/mol. The molecule has 1 aliphatic heterocycles. The van der Waals surface area contributed by atoms with Gasteiger partial charge in [0.1, 0.15) is 16.8 Å². The van der Waals surface area contributed by atoms with Crippen molar-refractivity contribution in [1.29, 1.82) is 0 Å². The summed E-state index contributed by atoms with van der Waals surface area (Å²) < 4.78 is 0. The SMILES string of the molecule is O=C(CNc1cc(Cl)nc(C2CC2)n1)N1CCCCC1. The Labute approximate surface area is 123 Å². The zero-order valence-corrected chi connectivity index (χ0v) is 12.2. The average molecular weight is 295 g/mol. The molecule has 0 radical (unpaired) electrons. The van der Waals surface area contributed by atoms with Gasteiger partial charge < -0.3 is 10.2 Å². The van der Waals surface area contributed by atoms with E-state index in [0.29, 0.717) is 16.9 Å². The first-order chi connectivity index (χ1) is 9.72. The van der Waals surface area contributed by atoms with Crippen LogP contribution in [0, 0.1) is 0 Å². The molecule has 0 unspecified atom stereocenters. The van der Waals surface area contributed by atoms with E-state index in [-0.39, 0.29) is 12.5 Å². The summed E-state index contributed by atoms with van der Waals surface area (Å²) in [7, 11) is 0. The lowest BCUT2D eigenvalue weighted by molar-refractivity contribution is -0.130. The smallest absolute Gasteiger partial charge is 0.241 e. The van der Waals surface area contributed by atoms with Crippen LogP contribution in [0.4, 0.5) is 5.82 Å². The largest absolute Gasteiger partial charge is 0.361 e. The molecule has 1 aromatic heterocycles. The lowest BCUT2D eigenvalue weighted by Crippen LogP contribution is -2.39. The van der Waals surface area contributed by atoms with E-state index in [1.165, 1.54) is 6.42 Å². The maximum atomic E-state index is 12.1. The van der Waals surface area contributed by atoms with Crippen molar-refractivity contribution in [2.45, 2.75) is 38.0 Å². The Morgan fingerprint density at radius 1 is 1.30 bits per heavy atom. The average Bonchev–Trinajstić information content (AvgIpc) is 3.30. The molecule has 0 atom stereocenters. The Bertz CT molecular complexity index is 498. The lowest BCUT2D eigenvalue weighted by Gasteiger charge is -2.26. The highest BCUT2D eigenvalue weighted by molar-refractivity contribution is 6.29. The van der Waals surface area contributed by atoms with E-state index in [2.05, 4.69) is 15.3 Å². The highest BCUT2D eigenvalue weighted by Crippen LogP contribution is 2.38. The van der Waals surface area contributed by atoms with Crippen LogP contribution in [-0.4, -0.2) is 40.4 Å². The van der Waals surface area contributed by atoms with Crippen LogP contribution in [0.5, 0.6) is 0 Å². The van der Waals surface area contributed by atoms with Gasteiger partial charge in [-0.3, -0.25) is 4.79 Å². The summed E-state index contributed by atoms with van der Waals surface area (Å²) in [5.74, 6) is 2.03. The van der Waals surface area contributed by atoms with Gasteiger partial charge in [0.25, 0.3) is 0 Å². The molecule has 0 aromatic carbocycles. The second-order valence-corrected chi connectivity index (χ2v) is 5.89. The van der Waals surface area contributed by atoms with Gasteiger partial charge >= 0.3 is 0 Å². The first-order valence-electron chi connectivity index (χ1n) is 7.28. The van der Waals surface area contributed by atoms with Crippen LogP contribution in [0.25, 0.3) is 0 Å². The molecule has 2 aliphatic rings. The Kier molecular flexibility index (Phi) is 4.05. The summed E-state index contributed by atoms with van der Waals surface area (Å²) in [4.78, 5) is 22.7. The number of hydrogen-bond donors (Lipinski definition) is 1. The number of likely N-dealkylation sites (tertiary alicyclic amines) is 1. The number of amides is 1. The second kappa shape index (κ2) is 5.95. The molecule has 20 heavy (non-hydrogen) atoms. The number of nitrogens with one attached hydrogen (secondary N) is 1. The molecular formula is C14H19ClN4O. The normalized spacial score (nSPS) is 18.9. The maximum Gasteiger partial charge on any atom is 0.241 e. The van der Waals surface area contributed by atoms with Gasteiger partial charge in [-0.2, -0.15) is 0 Å². The van der Waals surface area contributed by atoms with Crippen molar-refractivity contribution >= 4 is 23.3 Å². The third-order valence-electron chi connectivity index (χ3n) is 3.78. The molecule has 0 spiro atoms. The van der Waals surface area contributed by atoms with Crippen molar-refractivity contribution in [3.63, 3.8) is 0 Å². The fourth-order valence-electron chi connectivity index (χ4n) is 2.47. The van der Waals surface area contributed by atoms with Gasteiger partial charge in [-0.1, -0.05) is 11.6 Å². The molecule has 6 heteroatoms. The van der Waals surface area contributed by atoms with Crippen molar-refractivity contribution in [2.24, 2.45) is 0 Å². The molecule has 2 heterocycles. The Hall–Kier alpha value is -1.36. The zero-order chi connectivity index (χ0) is 13.9. The van der Waals surface area contributed by atoms with Gasteiger partial charge in [0, 0.05) is 25.1 Å². The van der Waals surface area contributed by atoms with E-state index in [1.807, 2.05) is 4.90 Å². The van der Waals surface area contributed by atoms with E-state index < -0.39 is 0 Å². The minimum Gasteiger partial charge on any atom is -0.361 e. The highest BCUT2D eigenvalue weighted by atomic mass is 35.5. The molecule has 1 N–H and O–H groups in total. The molecule has 1 aliphatic carbocycles. The summed E-state index contributed by atoms with van der Waals surface area (Å²) in [5, 5.41) is 3.52. The maximum absolute atomic E-state index is 12.1. The summed E-state index contributed by atoms with van der Waals surface area (Å²) >= 11 is 6.00. The number of carbonyl (C=O) groups excluding carboxylic acids is 1. The number of rotatable bonds is 4. The molecule has 3 rings (SSSR count). The highest BCUT2D eigenvalue weighted by Gasteiger charge is 2.27. The van der Waals surface area contributed by atoms with Crippen molar-refractivity contribution in [2.75, 3.05) is 25.0 Å². The number of anilines is 1. The van der Waals surface area contributed by atoms with E-state index >= 15 is 0 Å². The number of aromatic nitrogens is 2. The van der Waals surface area contributed by atoms with E-state index in [1.54, 1.807) is 6.07 Å². The molecule has 1 saturated heterocycles. The fraction of sp³-hybridized carbons (Fsp3) is 0.643. The van der Waals surface area contributed by atoms with Crippen LogP contribution in [0.15, 0.2) is 6.07 Å². The Morgan fingerprint density at radius 3 is 2.75 bits per heavy atom. The third-order valence-corrected chi connectivity index (χ3v) is 3.98. The number of piperidine rings is 1. The number of nitrogens with zero attached hydrogens (tertiary/aromatic N) is 3. The van der Waals surface area contributed by atoms with Crippen LogP contribution >= 0.6 is 11.6 Å². The van der Waals surface area contributed by atoms with Crippen molar-refractivity contribution in [3.05, 3.63) is 17.0 Å². The standard InChI is InChI=1S/C14H19ClN4O/c15-11-8-12(18-14(17-11)10-4-5-10)16-9-13(20)19-6-2-1-3-7-19/h8,10H,1-7,9H2,(H,16,17,18). The molecule has 1 amide bonds. The van der Waals surface area contributed by atoms with Crippen molar-refractivity contribution in [3.8, 4) is 0 Å². The molecule has 1 saturated carbocycles. The van der Waals surface area contributed by atoms with E-state index in [9.17, 15) is 4.79 Å². The second-order valence-electron chi connectivity index (χ2n) is 5.50. The van der Waals surface area contributed by atoms with Crippen LogP contribution in [0.3, 0.4) is 0 Å². The fourth-order valence-corrected chi connectivity index (χ4v) is 2.66. The van der Waals surface area contributed by atoms with Crippen molar-refractivity contribution < 1.29 is 4.79 Å². The van der Waals surface area contributed by atoms with Crippen LogP contribution in [0.2, 0.25) is 5.15 Å². The lowest BCUT2D eigenvalue weighted by atomic mass is 10.1. The van der Waals surface area contributed by atoms with Gasteiger partial charge in [-0.15, -0.1) is 0 Å². The molecule has 2 fully saturated rings. The number of hydrogen-bond acceptors (Lipinski definition) is 4. The molecule has 1 aromatic rings. The molecular weight excluding hydrogens is 276 g/mol. The predicted molar refractivity (Wildman–Crippen MR) is 77.9 cm³/mol. The van der Waals surface area contributed by atoms with E-state index in [4.69, 9.17) is 11.6 Å². The molecule has 5 nitrogen and oxygen atoms in total. The quantitative estimate of drug-likeness (QED) is 0.867. The summed E-state index contributed by atoms with van der Waals surface area (Å²) in [6, 6.07) is 1.68. The minimum atomic E-state index is 0.132. The van der Waals surface area contributed by atoms with Gasteiger partial charge in [-0.25, -0.2) is 9.97 Å². The molecule has 0 bridgehead atoms. The minimum absolute atomic E-state index is 0.132. The summed E-state index contributed by atoms with van der Waals surface area (Å²) in [6.07, 6.45) is 5.70. The van der Waals surface area contributed by atoms with Gasteiger partial charge in [-0.05, 0) is 32.1 Å². The Morgan fingerprint density at radius 2 is 2.05 bits per heavy atom. The first kappa shape index (κ1) is 13.6. The van der Waals surface area contributed by atoms with Gasteiger partial charge in [0.05, 0.1) is 6.54 Å². The summed E-state index contributed by atoms with van der Waals surface area (Å²) in [6.45, 7) is 2.02.